The molecule has 0 N–H and O–H groups in total. The molecule has 1 aromatic rings. The van der Waals surface area contributed by atoms with Gasteiger partial charge in [-0.05, 0) is 51.1 Å². The highest BCUT2D eigenvalue weighted by molar-refractivity contribution is 6.33. The van der Waals surface area contributed by atoms with E-state index in [9.17, 15) is 0 Å². The normalized spacial score (nSPS) is 17.4. The Bertz CT molecular complexity index is 442. The van der Waals surface area contributed by atoms with Crippen LogP contribution < -0.4 is 4.90 Å². The highest BCUT2D eigenvalue weighted by atomic mass is 35.5. The van der Waals surface area contributed by atoms with E-state index in [1.807, 2.05) is 12.1 Å². The lowest BCUT2D eigenvalue weighted by atomic mass is 9.75. The largest absolute Gasteiger partial charge is 0.372 e. The Morgan fingerprint density at radius 1 is 1.21 bits per heavy atom. The fourth-order valence-electron chi connectivity index (χ4n) is 2.80. The van der Waals surface area contributed by atoms with E-state index in [0.29, 0.717) is 11.4 Å². The maximum atomic E-state index is 6.36. The van der Waals surface area contributed by atoms with E-state index in [0.717, 1.165) is 22.8 Å². The molecule has 0 saturated heterocycles. The molecule has 0 heterocycles. The standard InChI is InChI=1S/C15H22Cl2N2/c1-18(2)15(7-4-8-15)11-19(3)14-6-5-12(10-16)9-13(14)17/h5-6,9H,4,7-8,10-11H2,1-3H3. The minimum atomic E-state index is 0.309. The third kappa shape index (κ3) is 3.01. The van der Waals surface area contributed by atoms with E-state index in [1.165, 1.54) is 19.3 Å². The summed E-state index contributed by atoms with van der Waals surface area (Å²) >= 11 is 12.2. The summed E-state index contributed by atoms with van der Waals surface area (Å²) in [6.07, 6.45) is 3.86. The second-order valence-corrected chi connectivity index (χ2v) is 6.42. The second kappa shape index (κ2) is 5.90. The lowest BCUT2D eigenvalue weighted by molar-refractivity contribution is 0.0683. The molecule has 0 aliphatic heterocycles. The van der Waals surface area contributed by atoms with Crippen LogP contribution in [0, 0.1) is 0 Å². The van der Waals surface area contributed by atoms with Crippen LogP contribution in [-0.2, 0) is 5.88 Å². The summed E-state index contributed by atoms with van der Waals surface area (Å²) in [5.74, 6) is 0.505. The first-order chi connectivity index (χ1) is 8.98. The SMILES string of the molecule is CN(CC1(N(C)C)CCC1)c1ccc(CCl)cc1Cl. The van der Waals surface area contributed by atoms with Gasteiger partial charge < -0.3 is 9.80 Å². The van der Waals surface area contributed by atoms with Gasteiger partial charge in [0.1, 0.15) is 0 Å². The van der Waals surface area contributed by atoms with Crippen molar-refractivity contribution >= 4 is 28.9 Å². The Morgan fingerprint density at radius 2 is 1.89 bits per heavy atom. The predicted octanol–water partition coefficient (Wildman–Crippen LogP) is 4.00. The molecule has 1 aromatic carbocycles. The lowest BCUT2D eigenvalue weighted by Gasteiger charge is -2.49. The van der Waals surface area contributed by atoms with Gasteiger partial charge in [0.15, 0.2) is 0 Å². The molecule has 1 aliphatic carbocycles. The quantitative estimate of drug-likeness (QED) is 0.759. The molecule has 4 heteroatoms. The monoisotopic (exact) mass is 300 g/mol. The summed E-state index contributed by atoms with van der Waals surface area (Å²) in [5.41, 5.74) is 2.46. The van der Waals surface area contributed by atoms with Crippen molar-refractivity contribution in [1.29, 1.82) is 0 Å². The zero-order valence-electron chi connectivity index (χ0n) is 11.9. The number of benzene rings is 1. The Labute approximate surface area is 126 Å². The number of hydrogen-bond donors (Lipinski definition) is 0. The van der Waals surface area contributed by atoms with Gasteiger partial charge in [-0.25, -0.2) is 0 Å². The summed E-state index contributed by atoms with van der Waals surface area (Å²) in [7, 11) is 6.46. The molecular formula is C15H22Cl2N2. The average molecular weight is 301 g/mol. The van der Waals surface area contributed by atoms with Gasteiger partial charge in [-0.15, -0.1) is 11.6 Å². The van der Waals surface area contributed by atoms with Crippen molar-refractivity contribution in [2.75, 3.05) is 32.6 Å². The molecule has 1 fully saturated rings. The molecule has 0 atom stereocenters. The molecule has 0 amide bonds. The Morgan fingerprint density at radius 3 is 2.32 bits per heavy atom. The van der Waals surface area contributed by atoms with Crippen molar-refractivity contribution in [3.8, 4) is 0 Å². The minimum Gasteiger partial charge on any atom is -0.372 e. The smallest absolute Gasteiger partial charge is 0.0642 e. The summed E-state index contributed by atoms with van der Waals surface area (Å²) < 4.78 is 0. The Kier molecular flexibility index (Phi) is 4.65. The summed E-state index contributed by atoms with van der Waals surface area (Å²) in [6, 6.07) is 6.08. The average Bonchev–Trinajstić information content (AvgIpc) is 2.32. The van der Waals surface area contributed by atoms with Gasteiger partial charge in [-0.3, -0.25) is 0 Å². The van der Waals surface area contributed by atoms with Gasteiger partial charge in [0.25, 0.3) is 0 Å². The number of halogens is 2. The van der Waals surface area contributed by atoms with E-state index in [4.69, 9.17) is 23.2 Å². The van der Waals surface area contributed by atoms with Crippen LogP contribution in [-0.4, -0.2) is 38.1 Å². The van der Waals surface area contributed by atoms with Gasteiger partial charge in [-0.2, -0.15) is 0 Å². The van der Waals surface area contributed by atoms with Gasteiger partial charge >= 0.3 is 0 Å². The molecule has 0 radical (unpaired) electrons. The van der Waals surface area contributed by atoms with Crippen molar-refractivity contribution in [3.63, 3.8) is 0 Å². The van der Waals surface area contributed by atoms with E-state index >= 15 is 0 Å². The van der Waals surface area contributed by atoms with Gasteiger partial charge in [0.05, 0.1) is 10.7 Å². The summed E-state index contributed by atoms with van der Waals surface area (Å²) in [4.78, 5) is 4.62. The van der Waals surface area contributed by atoms with E-state index < -0.39 is 0 Å². The lowest BCUT2D eigenvalue weighted by Crippen LogP contribution is -2.56. The van der Waals surface area contributed by atoms with Crippen molar-refractivity contribution in [2.45, 2.75) is 30.7 Å². The second-order valence-electron chi connectivity index (χ2n) is 5.75. The molecule has 2 nitrogen and oxygen atoms in total. The molecule has 1 saturated carbocycles. The first kappa shape index (κ1) is 15.0. The molecule has 2 rings (SSSR count). The zero-order chi connectivity index (χ0) is 14.0. The van der Waals surface area contributed by atoms with Gasteiger partial charge in [0.2, 0.25) is 0 Å². The minimum absolute atomic E-state index is 0.309. The van der Waals surface area contributed by atoms with Crippen LogP contribution in [0.15, 0.2) is 18.2 Å². The fourth-order valence-corrected chi connectivity index (χ4v) is 3.32. The van der Waals surface area contributed by atoms with Gasteiger partial charge in [0, 0.05) is 25.0 Å². The van der Waals surface area contributed by atoms with E-state index in [-0.39, 0.29) is 0 Å². The maximum Gasteiger partial charge on any atom is 0.0642 e. The third-order valence-electron chi connectivity index (χ3n) is 4.34. The van der Waals surface area contributed by atoms with Crippen LogP contribution in [0.5, 0.6) is 0 Å². The summed E-state index contributed by atoms with van der Waals surface area (Å²) in [5, 5.41) is 0.786. The number of hydrogen-bond acceptors (Lipinski definition) is 2. The molecule has 106 valence electrons. The molecule has 0 bridgehead atoms. The topological polar surface area (TPSA) is 6.48 Å². The Hall–Kier alpha value is -0.440. The predicted molar refractivity (Wildman–Crippen MR) is 84.5 cm³/mol. The number of anilines is 1. The number of likely N-dealkylation sites (N-methyl/N-ethyl adjacent to an activating group) is 2. The van der Waals surface area contributed by atoms with Crippen LogP contribution in [0.1, 0.15) is 24.8 Å². The van der Waals surface area contributed by atoms with Crippen molar-refractivity contribution in [1.82, 2.24) is 4.90 Å². The van der Waals surface area contributed by atoms with Crippen LogP contribution >= 0.6 is 23.2 Å². The first-order valence-corrected chi connectivity index (χ1v) is 7.63. The van der Waals surface area contributed by atoms with Crippen LogP contribution in [0.25, 0.3) is 0 Å². The Balaban J connectivity index is 2.13. The van der Waals surface area contributed by atoms with E-state index in [1.54, 1.807) is 0 Å². The molecule has 0 aromatic heterocycles. The van der Waals surface area contributed by atoms with Crippen LogP contribution in [0.3, 0.4) is 0 Å². The molecule has 1 aliphatic rings. The molecular weight excluding hydrogens is 279 g/mol. The number of rotatable bonds is 5. The fraction of sp³-hybridized carbons (Fsp3) is 0.600. The van der Waals surface area contributed by atoms with Crippen LogP contribution in [0.4, 0.5) is 5.69 Å². The van der Waals surface area contributed by atoms with Crippen molar-refractivity contribution in [3.05, 3.63) is 28.8 Å². The van der Waals surface area contributed by atoms with Crippen LogP contribution in [0.2, 0.25) is 5.02 Å². The number of nitrogens with zero attached hydrogens (tertiary/aromatic N) is 2. The van der Waals surface area contributed by atoms with Crippen molar-refractivity contribution in [2.24, 2.45) is 0 Å². The molecule has 0 unspecified atom stereocenters. The van der Waals surface area contributed by atoms with Gasteiger partial charge in [-0.1, -0.05) is 17.7 Å². The van der Waals surface area contributed by atoms with Crippen molar-refractivity contribution < 1.29 is 0 Å². The molecule has 0 spiro atoms. The maximum absolute atomic E-state index is 6.36. The number of alkyl halides is 1. The summed E-state index contributed by atoms with van der Waals surface area (Å²) in [6.45, 7) is 1.01. The third-order valence-corrected chi connectivity index (χ3v) is 4.95. The highest BCUT2D eigenvalue weighted by Crippen LogP contribution is 2.38. The first-order valence-electron chi connectivity index (χ1n) is 6.71. The molecule has 19 heavy (non-hydrogen) atoms. The van der Waals surface area contributed by atoms with E-state index in [2.05, 4.69) is 37.0 Å². The zero-order valence-corrected chi connectivity index (χ0v) is 13.4. The highest BCUT2D eigenvalue weighted by Gasteiger charge is 2.40.